The molecule has 116 valence electrons. The van der Waals surface area contributed by atoms with Crippen molar-refractivity contribution in [3.63, 3.8) is 0 Å². The van der Waals surface area contributed by atoms with Gasteiger partial charge in [-0.25, -0.2) is 0 Å². The zero-order valence-electron chi connectivity index (χ0n) is 12.1. The molecule has 1 aromatic rings. The van der Waals surface area contributed by atoms with Crippen molar-refractivity contribution in [3.05, 3.63) is 27.7 Å². The third-order valence-electron chi connectivity index (χ3n) is 3.35. The Morgan fingerprint density at radius 1 is 1.29 bits per heavy atom. The van der Waals surface area contributed by atoms with Gasteiger partial charge in [-0.3, -0.25) is 9.69 Å². The van der Waals surface area contributed by atoms with E-state index in [4.69, 9.17) is 27.9 Å². The van der Waals surface area contributed by atoms with Crippen molar-refractivity contribution >= 4 is 29.0 Å². The highest BCUT2D eigenvalue weighted by Gasteiger charge is 2.18. The molecule has 6 heteroatoms. The molecule has 0 bridgehead atoms. The Morgan fingerprint density at radius 3 is 2.48 bits per heavy atom. The highest BCUT2D eigenvalue weighted by molar-refractivity contribution is 6.37. The third kappa shape index (κ3) is 4.58. The molecule has 2 rings (SSSR count). The van der Waals surface area contributed by atoms with Gasteiger partial charge in [0.15, 0.2) is 11.5 Å². The number of hydrogen-bond acceptors (Lipinski definition) is 4. The number of piperazine rings is 1. The minimum absolute atomic E-state index is 0.0303. The molecular formula is C15H20Cl2N2O2. The van der Waals surface area contributed by atoms with Crippen LogP contribution in [0.3, 0.4) is 0 Å². The van der Waals surface area contributed by atoms with Crippen LogP contribution in [0, 0.1) is 0 Å². The van der Waals surface area contributed by atoms with Crippen molar-refractivity contribution in [1.29, 1.82) is 0 Å². The zero-order chi connectivity index (χ0) is 15.2. The summed E-state index contributed by atoms with van der Waals surface area (Å²) in [4.78, 5) is 14.4. The number of rotatable bonds is 6. The van der Waals surface area contributed by atoms with Gasteiger partial charge in [0, 0.05) is 31.7 Å². The number of ether oxygens (including phenoxy) is 1. The molecule has 4 nitrogen and oxygen atoms in total. The molecule has 0 aromatic heterocycles. The summed E-state index contributed by atoms with van der Waals surface area (Å²) in [5, 5.41) is 4.04. The zero-order valence-corrected chi connectivity index (χ0v) is 13.6. The van der Waals surface area contributed by atoms with Gasteiger partial charge in [-0.2, -0.15) is 0 Å². The predicted octanol–water partition coefficient (Wildman–Crippen LogP) is 2.87. The summed E-state index contributed by atoms with van der Waals surface area (Å²) >= 11 is 12.3. The molecule has 1 fully saturated rings. The van der Waals surface area contributed by atoms with Crippen LogP contribution in [-0.4, -0.2) is 50.0 Å². The van der Waals surface area contributed by atoms with Crippen molar-refractivity contribution in [2.45, 2.75) is 13.3 Å². The van der Waals surface area contributed by atoms with E-state index in [1.54, 1.807) is 12.1 Å². The van der Waals surface area contributed by atoms with E-state index in [-0.39, 0.29) is 5.78 Å². The maximum absolute atomic E-state index is 12.3. The van der Waals surface area contributed by atoms with E-state index in [9.17, 15) is 4.79 Å². The molecule has 0 spiro atoms. The number of benzene rings is 1. The molecule has 1 N–H and O–H groups in total. The summed E-state index contributed by atoms with van der Waals surface area (Å²) in [5.41, 5.74) is 0.535. The second kappa shape index (κ2) is 7.99. The molecule has 1 aromatic carbocycles. The quantitative estimate of drug-likeness (QED) is 0.814. The minimum atomic E-state index is 0.0303. The Morgan fingerprint density at radius 2 is 1.90 bits per heavy atom. The highest BCUT2D eigenvalue weighted by Crippen LogP contribution is 2.34. The standard InChI is InChI=1S/C15H20Cl2N2O2/c1-2-7-21-15-12(16)8-11(9-13(15)17)14(20)10-19-5-3-18-4-6-19/h8-9,18H,2-7,10H2,1H3. The van der Waals surface area contributed by atoms with Crippen LogP contribution in [0.5, 0.6) is 5.75 Å². The summed E-state index contributed by atoms with van der Waals surface area (Å²) in [7, 11) is 0. The van der Waals surface area contributed by atoms with Crippen molar-refractivity contribution in [2.75, 3.05) is 39.3 Å². The van der Waals surface area contributed by atoms with Gasteiger partial charge < -0.3 is 10.1 Å². The minimum Gasteiger partial charge on any atom is -0.490 e. The number of halogens is 2. The smallest absolute Gasteiger partial charge is 0.176 e. The van der Waals surface area contributed by atoms with Gasteiger partial charge in [-0.15, -0.1) is 0 Å². The van der Waals surface area contributed by atoms with Crippen LogP contribution in [0.4, 0.5) is 0 Å². The molecule has 0 amide bonds. The van der Waals surface area contributed by atoms with Crippen LogP contribution in [-0.2, 0) is 0 Å². The molecule has 0 radical (unpaired) electrons. The summed E-state index contributed by atoms with van der Waals surface area (Å²) in [5.74, 6) is 0.488. The molecular weight excluding hydrogens is 311 g/mol. The van der Waals surface area contributed by atoms with Crippen LogP contribution in [0.25, 0.3) is 0 Å². The number of hydrogen-bond donors (Lipinski definition) is 1. The number of nitrogens with zero attached hydrogens (tertiary/aromatic N) is 1. The second-order valence-electron chi connectivity index (χ2n) is 5.07. The molecule has 21 heavy (non-hydrogen) atoms. The van der Waals surface area contributed by atoms with E-state index >= 15 is 0 Å². The first-order chi connectivity index (χ1) is 10.1. The molecule has 1 aliphatic heterocycles. The van der Waals surface area contributed by atoms with Crippen molar-refractivity contribution in [1.82, 2.24) is 10.2 Å². The van der Waals surface area contributed by atoms with Crippen molar-refractivity contribution in [3.8, 4) is 5.75 Å². The Bertz CT molecular complexity index is 479. The fourth-order valence-electron chi connectivity index (χ4n) is 2.23. The number of carbonyl (C=O) groups excluding carboxylic acids is 1. The maximum atomic E-state index is 12.3. The fraction of sp³-hybridized carbons (Fsp3) is 0.533. The molecule has 0 saturated carbocycles. The average molecular weight is 331 g/mol. The van der Waals surface area contributed by atoms with Crippen molar-refractivity contribution < 1.29 is 9.53 Å². The Hall–Kier alpha value is -0.810. The Balaban J connectivity index is 2.07. The number of nitrogens with one attached hydrogen (secondary N) is 1. The van der Waals surface area contributed by atoms with Gasteiger partial charge in [-0.05, 0) is 18.6 Å². The predicted molar refractivity (Wildman–Crippen MR) is 85.9 cm³/mol. The Labute approximate surface area is 135 Å². The third-order valence-corrected chi connectivity index (χ3v) is 3.91. The molecule has 0 aliphatic carbocycles. The Kier molecular flexibility index (Phi) is 6.30. The van der Waals surface area contributed by atoms with Gasteiger partial charge >= 0.3 is 0 Å². The molecule has 1 heterocycles. The van der Waals surface area contributed by atoms with E-state index in [0.29, 0.717) is 34.5 Å². The summed E-state index contributed by atoms with van der Waals surface area (Å²) < 4.78 is 5.51. The average Bonchev–Trinajstić information content (AvgIpc) is 2.47. The molecule has 1 saturated heterocycles. The van der Waals surface area contributed by atoms with Crippen LogP contribution in [0.1, 0.15) is 23.7 Å². The van der Waals surface area contributed by atoms with E-state index in [1.165, 1.54) is 0 Å². The lowest BCUT2D eigenvalue weighted by atomic mass is 10.1. The van der Waals surface area contributed by atoms with Gasteiger partial charge in [0.25, 0.3) is 0 Å². The van der Waals surface area contributed by atoms with Crippen LogP contribution in [0.2, 0.25) is 10.0 Å². The lowest BCUT2D eigenvalue weighted by Gasteiger charge is -2.26. The number of carbonyl (C=O) groups is 1. The molecule has 0 atom stereocenters. The van der Waals surface area contributed by atoms with Crippen LogP contribution in [0.15, 0.2) is 12.1 Å². The van der Waals surface area contributed by atoms with E-state index in [0.717, 1.165) is 32.6 Å². The summed E-state index contributed by atoms with van der Waals surface area (Å²) in [6.45, 7) is 6.54. The monoisotopic (exact) mass is 330 g/mol. The van der Waals surface area contributed by atoms with E-state index in [2.05, 4.69) is 10.2 Å². The largest absolute Gasteiger partial charge is 0.490 e. The summed E-state index contributed by atoms with van der Waals surface area (Å²) in [6, 6.07) is 3.28. The second-order valence-corrected chi connectivity index (χ2v) is 5.88. The van der Waals surface area contributed by atoms with Crippen LogP contribution >= 0.6 is 23.2 Å². The van der Waals surface area contributed by atoms with E-state index < -0.39 is 0 Å². The SMILES string of the molecule is CCCOc1c(Cl)cc(C(=O)CN2CCNCC2)cc1Cl. The van der Waals surface area contributed by atoms with Crippen molar-refractivity contribution in [2.24, 2.45) is 0 Å². The van der Waals surface area contributed by atoms with Gasteiger partial charge in [0.1, 0.15) is 0 Å². The van der Waals surface area contributed by atoms with Gasteiger partial charge in [0.05, 0.1) is 23.2 Å². The topological polar surface area (TPSA) is 41.6 Å². The lowest BCUT2D eigenvalue weighted by Crippen LogP contribution is -2.45. The first-order valence-corrected chi connectivity index (χ1v) is 7.95. The number of ketones is 1. The van der Waals surface area contributed by atoms with Gasteiger partial charge in [0.2, 0.25) is 0 Å². The van der Waals surface area contributed by atoms with Gasteiger partial charge in [-0.1, -0.05) is 30.1 Å². The van der Waals surface area contributed by atoms with E-state index in [1.807, 2.05) is 6.92 Å². The maximum Gasteiger partial charge on any atom is 0.176 e. The first kappa shape index (κ1) is 16.6. The molecule has 0 unspecified atom stereocenters. The molecule has 1 aliphatic rings. The lowest BCUT2D eigenvalue weighted by molar-refractivity contribution is 0.0921. The summed E-state index contributed by atoms with van der Waals surface area (Å²) in [6.07, 6.45) is 0.871. The fourth-order valence-corrected chi connectivity index (χ4v) is 2.82. The first-order valence-electron chi connectivity index (χ1n) is 7.20. The number of Topliss-reactive ketones (excluding diaryl/α,β-unsaturated/α-hetero) is 1. The van der Waals surface area contributed by atoms with Crippen LogP contribution < -0.4 is 10.1 Å². The highest BCUT2D eigenvalue weighted by atomic mass is 35.5. The normalized spacial score (nSPS) is 16.0.